The van der Waals surface area contributed by atoms with E-state index in [1.165, 1.54) is 0 Å². The molecule has 6 heteroatoms. The van der Waals surface area contributed by atoms with Crippen molar-refractivity contribution >= 4 is 11.8 Å². The predicted molar refractivity (Wildman–Crippen MR) is 128 cm³/mol. The molecule has 4 rings (SSSR count). The zero-order valence-corrected chi connectivity index (χ0v) is 19.7. The molecule has 1 unspecified atom stereocenters. The number of rotatable bonds is 6. The number of aromatic nitrogens is 1. The van der Waals surface area contributed by atoms with Gasteiger partial charge in [0.25, 0.3) is 5.91 Å². The Balaban J connectivity index is 1.65. The van der Waals surface area contributed by atoms with Gasteiger partial charge in [0.05, 0.1) is 13.2 Å². The lowest BCUT2D eigenvalue weighted by atomic mass is 9.99. The van der Waals surface area contributed by atoms with Gasteiger partial charge in [-0.05, 0) is 62.2 Å². The highest BCUT2D eigenvalue weighted by Crippen LogP contribution is 2.34. The number of fused-ring (bicyclic) bond motifs is 1. The van der Waals surface area contributed by atoms with Gasteiger partial charge in [-0.3, -0.25) is 9.59 Å². The molecular formula is C27H31N3O3. The van der Waals surface area contributed by atoms with Gasteiger partial charge in [0, 0.05) is 36.6 Å². The number of aryl methyl sites for hydroxylation is 1. The minimum absolute atomic E-state index is 0.0337. The van der Waals surface area contributed by atoms with Crippen LogP contribution in [0.5, 0.6) is 5.75 Å². The molecule has 1 atom stereocenters. The Hall–Kier alpha value is -3.54. The van der Waals surface area contributed by atoms with E-state index in [0.717, 1.165) is 29.1 Å². The fraction of sp³-hybridized carbons (Fsp3) is 0.333. The fourth-order valence-electron chi connectivity index (χ4n) is 4.51. The Morgan fingerprint density at radius 1 is 1.06 bits per heavy atom. The summed E-state index contributed by atoms with van der Waals surface area (Å²) in [5, 5.41) is 0. The summed E-state index contributed by atoms with van der Waals surface area (Å²) in [5.74, 6) is 0.572. The first-order chi connectivity index (χ1) is 15.9. The van der Waals surface area contributed by atoms with Gasteiger partial charge in [-0.15, -0.1) is 0 Å². The van der Waals surface area contributed by atoms with Crippen LogP contribution in [0.1, 0.15) is 47.1 Å². The van der Waals surface area contributed by atoms with Gasteiger partial charge in [-0.2, -0.15) is 0 Å². The summed E-state index contributed by atoms with van der Waals surface area (Å²) in [6, 6.07) is 19.1. The average Bonchev–Trinajstić information content (AvgIpc) is 3.30. The van der Waals surface area contributed by atoms with E-state index in [0.29, 0.717) is 12.1 Å². The zero-order valence-electron chi connectivity index (χ0n) is 19.7. The molecule has 172 valence electrons. The largest absolute Gasteiger partial charge is 0.497 e. The number of amides is 2. The number of methoxy groups -OCH3 is 1. The first kappa shape index (κ1) is 22.6. The van der Waals surface area contributed by atoms with E-state index >= 15 is 0 Å². The SMILES string of the molecule is COc1cccc(C2c3cccn3CCN2C(=O)CN(C(=O)c2ccccc2C)C(C)C)c1. The van der Waals surface area contributed by atoms with E-state index in [4.69, 9.17) is 4.74 Å². The van der Waals surface area contributed by atoms with Crippen LogP contribution in [-0.2, 0) is 11.3 Å². The molecule has 0 bridgehead atoms. The molecule has 1 aliphatic rings. The van der Waals surface area contributed by atoms with E-state index in [9.17, 15) is 9.59 Å². The Labute approximate surface area is 195 Å². The van der Waals surface area contributed by atoms with Crippen LogP contribution >= 0.6 is 0 Å². The fourth-order valence-corrected chi connectivity index (χ4v) is 4.51. The lowest BCUT2D eigenvalue weighted by molar-refractivity contribution is -0.135. The third kappa shape index (κ3) is 4.51. The van der Waals surface area contributed by atoms with Crippen molar-refractivity contribution in [3.8, 4) is 5.75 Å². The molecule has 3 aromatic rings. The summed E-state index contributed by atoms with van der Waals surface area (Å²) < 4.78 is 7.62. The summed E-state index contributed by atoms with van der Waals surface area (Å²) in [5.41, 5.74) is 3.59. The lowest BCUT2D eigenvalue weighted by Crippen LogP contribution is -2.49. The molecule has 0 fully saturated rings. The van der Waals surface area contributed by atoms with Gasteiger partial charge in [0.1, 0.15) is 12.3 Å². The highest BCUT2D eigenvalue weighted by Gasteiger charge is 2.34. The van der Waals surface area contributed by atoms with Crippen molar-refractivity contribution in [2.24, 2.45) is 0 Å². The molecule has 1 aromatic heterocycles. The maximum absolute atomic E-state index is 13.7. The molecule has 1 aliphatic heterocycles. The van der Waals surface area contributed by atoms with E-state index in [1.807, 2.05) is 86.5 Å². The normalized spacial score (nSPS) is 15.3. The number of ether oxygens (including phenoxy) is 1. The summed E-state index contributed by atoms with van der Waals surface area (Å²) in [6.45, 7) is 7.15. The van der Waals surface area contributed by atoms with Gasteiger partial charge in [-0.25, -0.2) is 0 Å². The van der Waals surface area contributed by atoms with Crippen LogP contribution < -0.4 is 4.74 Å². The van der Waals surface area contributed by atoms with Crippen molar-refractivity contribution in [1.29, 1.82) is 0 Å². The van der Waals surface area contributed by atoms with Gasteiger partial charge in [0.15, 0.2) is 0 Å². The molecule has 0 aliphatic carbocycles. The van der Waals surface area contributed by atoms with Crippen LogP contribution in [0.25, 0.3) is 0 Å². The first-order valence-electron chi connectivity index (χ1n) is 11.4. The molecule has 2 heterocycles. The second-order valence-electron chi connectivity index (χ2n) is 8.73. The number of hydrogen-bond acceptors (Lipinski definition) is 3. The van der Waals surface area contributed by atoms with Crippen LogP contribution in [-0.4, -0.2) is 52.4 Å². The molecule has 0 spiro atoms. The van der Waals surface area contributed by atoms with Crippen molar-refractivity contribution < 1.29 is 14.3 Å². The molecule has 0 saturated carbocycles. The quantitative estimate of drug-likeness (QED) is 0.569. The summed E-state index contributed by atoms with van der Waals surface area (Å²) in [4.78, 5) is 30.6. The third-order valence-corrected chi connectivity index (χ3v) is 6.33. The number of carbonyl (C=O) groups is 2. The van der Waals surface area contributed by atoms with Crippen molar-refractivity contribution in [3.05, 3.63) is 89.2 Å². The van der Waals surface area contributed by atoms with Crippen molar-refractivity contribution in [2.45, 2.75) is 39.4 Å². The third-order valence-electron chi connectivity index (χ3n) is 6.33. The second kappa shape index (κ2) is 9.53. The minimum Gasteiger partial charge on any atom is -0.497 e. The lowest BCUT2D eigenvalue weighted by Gasteiger charge is -2.39. The molecule has 0 radical (unpaired) electrons. The topological polar surface area (TPSA) is 54.8 Å². The molecular weight excluding hydrogens is 414 g/mol. The Morgan fingerprint density at radius 3 is 2.58 bits per heavy atom. The Bertz CT molecular complexity index is 1150. The van der Waals surface area contributed by atoms with Crippen molar-refractivity contribution in [1.82, 2.24) is 14.4 Å². The number of carbonyl (C=O) groups excluding carboxylic acids is 2. The highest BCUT2D eigenvalue weighted by atomic mass is 16.5. The number of benzene rings is 2. The Kier molecular flexibility index (Phi) is 6.54. The van der Waals surface area contributed by atoms with Crippen LogP contribution in [0.4, 0.5) is 0 Å². The average molecular weight is 446 g/mol. The maximum Gasteiger partial charge on any atom is 0.254 e. The van der Waals surface area contributed by atoms with Gasteiger partial charge < -0.3 is 19.1 Å². The second-order valence-corrected chi connectivity index (χ2v) is 8.73. The van der Waals surface area contributed by atoms with Crippen LogP contribution in [0.2, 0.25) is 0 Å². The van der Waals surface area contributed by atoms with Gasteiger partial charge in [0.2, 0.25) is 5.91 Å². The molecule has 2 aromatic carbocycles. The van der Waals surface area contributed by atoms with Crippen LogP contribution in [0, 0.1) is 6.92 Å². The Morgan fingerprint density at radius 2 is 1.85 bits per heavy atom. The molecule has 33 heavy (non-hydrogen) atoms. The minimum atomic E-state index is -0.237. The van der Waals surface area contributed by atoms with Crippen molar-refractivity contribution in [3.63, 3.8) is 0 Å². The van der Waals surface area contributed by atoms with E-state index in [-0.39, 0.29) is 30.4 Å². The van der Waals surface area contributed by atoms with Crippen LogP contribution in [0.15, 0.2) is 66.9 Å². The zero-order chi connectivity index (χ0) is 23.5. The van der Waals surface area contributed by atoms with Gasteiger partial charge >= 0.3 is 0 Å². The van der Waals surface area contributed by atoms with Gasteiger partial charge in [-0.1, -0.05) is 30.3 Å². The summed E-state index contributed by atoms with van der Waals surface area (Å²) >= 11 is 0. The molecule has 6 nitrogen and oxygen atoms in total. The molecule has 2 amide bonds. The van der Waals surface area contributed by atoms with E-state index in [1.54, 1.807) is 12.0 Å². The van der Waals surface area contributed by atoms with E-state index in [2.05, 4.69) is 10.6 Å². The molecule has 0 N–H and O–H groups in total. The summed E-state index contributed by atoms with van der Waals surface area (Å²) in [6.07, 6.45) is 2.05. The summed E-state index contributed by atoms with van der Waals surface area (Å²) in [7, 11) is 1.64. The van der Waals surface area contributed by atoms with Crippen LogP contribution in [0.3, 0.4) is 0 Å². The monoisotopic (exact) mass is 445 g/mol. The first-order valence-corrected chi connectivity index (χ1v) is 11.4. The maximum atomic E-state index is 13.7. The number of nitrogens with zero attached hydrogens (tertiary/aromatic N) is 3. The highest BCUT2D eigenvalue weighted by molar-refractivity contribution is 5.98. The molecule has 0 saturated heterocycles. The smallest absolute Gasteiger partial charge is 0.254 e. The standard InChI is InChI=1S/C27H31N3O3/c1-19(2)30(27(32)23-12-6-5-9-20(23)3)18-25(31)29-16-15-28-14-8-13-24(28)26(29)21-10-7-11-22(17-21)33-4/h5-14,17,19,26H,15-16,18H2,1-4H3. The number of hydrogen-bond donors (Lipinski definition) is 0. The predicted octanol–water partition coefficient (Wildman–Crippen LogP) is 4.29. The van der Waals surface area contributed by atoms with E-state index < -0.39 is 0 Å². The van der Waals surface area contributed by atoms with Crippen molar-refractivity contribution in [2.75, 3.05) is 20.2 Å².